The highest BCUT2D eigenvalue weighted by Crippen LogP contribution is 2.49. The number of nitrogens with zero attached hydrogens (tertiary/aromatic N) is 2. The van der Waals surface area contributed by atoms with E-state index in [2.05, 4.69) is 221 Å². The largest absolute Gasteiger partial charge is 0.309 e. The molecule has 0 amide bonds. The van der Waals surface area contributed by atoms with Crippen LogP contribution in [0.2, 0.25) is 0 Å². The fourth-order valence-corrected chi connectivity index (χ4v) is 9.63. The van der Waals surface area contributed by atoms with Crippen LogP contribution < -0.4 is 0 Å². The lowest BCUT2D eigenvalue weighted by Gasteiger charge is -2.16. The van der Waals surface area contributed by atoms with Crippen LogP contribution in [0.4, 0.5) is 0 Å². The van der Waals surface area contributed by atoms with Gasteiger partial charge in [0.1, 0.15) is 0 Å². The van der Waals surface area contributed by atoms with Gasteiger partial charge in [-0.25, -0.2) is 0 Å². The van der Waals surface area contributed by atoms with Gasteiger partial charge in [-0.15, -0.1) is 0 Å². The maximum atomic E-state index is 2.48. The third-order valence-corrected chi connectivity index (χ3v) is 12.2. The average molecular weight is 725 g/mol. The van der Waals surface area contributed by atoms with Crippen molar-refractivity contribution in [2.75, 3.05) is 0 Å². The Labute approximate surface area is 331 Å². The van der Waals surface area contributed by atoms with Crippen molar-refractivity contribution in [3.63, 3.8) is 0 Å². The molecule has 266 valence electrons. The third-order valence-electron chi connectivity index (χ3n) is 12.2. The van der Waals surface area contributed by atoms with E-state index in [0.29, 0.717) is 0 Å². The summed E-state index contributed by atoms with van der Waals surface area (Å²) in [5, 5.41) is 5.03. The Bertz CT molecular complexity index is 3330. The zero-order valence-corrected chi connectivity index (χ0v) is 31.2. The minimum atomic E-state index is 0.191. The molecule has 0 bridgehead atoms. The Kier molecular flexibility index (Phi) is 7.02. The molecule has 0 saturated carbocycles. The average Bonchev–Trinajstić information content (AvgIpc) is 3.92. The van der Waals surface area contributed by atoms with Gasteiger partial charge in [0.15, 0.2) is 0 Å². The van der Waals surface area contributed by atoms with E-state index < -0.39 is 0 Å². The Morgan fingerprint density at radius 3 is 1.60 bits per heavy atom. The summed E-state index contributed by atoms with van der Waals surface area (Å²) in [6, 6.07) is 78.2. The van der Waals surface area contributed by atoms with Crippen molar-refractivity contribution in [2.45, 2.75) is 5.92 Å². The van der Waals surface area contributed by atoms with E-state index in [4.69, 9.17) is 0 Å². The van der Waals surface area contributed by atoms with Crippen molar-refractivity contribution in [1.82, 2.24) is 9.13 Å². The molecule has 2 heteroatoms. The predicted molar refractivity (Wildman–Crippen MR) is 239 cm³/mol. The summed E-state index contributed by atoms with van der Waals surface area (Å²) in [5.41, 5.74) is 18.7. The van der Waals surface area contributed by atoms with Gasteiger partial charge in [-0.2, -0.15) is 0 Å². The first-order valence-corrected chi connectivity index (χ1v) is 19.8. The van der Waals surface area contributed by atoms with E-state index in [1.54, 1.807) is 0 Å². The van der Waals surface area contributed by atoms with Gasteiger partial charge in [-0.3, -0.25) is 0 Å². The molecule has 1 aliphatic rings. The predicted octanol–water partition coefficient (Wildman–Crippen LogP) is 14.4. The van der Waals surface area contributed by atoms with Crippen LogP contribution in [0, 0.1) is 0 Å². The summed E-state index contributed by atoms with van der Waals surface area (Å²) in [4.78, 5) is 0. The lowest BCUT2D eigenvalue weighted by atomic mass is 9.89. The zero-order chi connectivity index (χ0) is 37.5. The SMILES string of the molecule is c1ccc(-c2ccc(-n3c4ccccc4c4cc(-c5ccc6c7ccccc7n(-c7ccc8c(c7)C(c7ccccc7)c7ccccc7-8)c6c5)ccc43)cc2)cc1. The molecule has 11 aromatic rings. The molecule has 0 spiro atoms. The van der Waals surface area contributed by atoms with Crippen molar-refractivity contribution >= 4 is 43.6 Å². The third kappa shape index (κ3) is 4.91. The number of hydrogen-bond donors (Lipinski definition) is 0. The fraction of sp³-hybridized carbons (Fsp3) is 0.0182. The van der Waals surface area contributed by atoms with Gasteiger partial charge in [-0.05, 0) is 105 Å². The number of benzene rings is 9. The number of para-hydroxylation sites is 2. The van der Waals surface area contributed by atoms with E-state index in [1.807, 2.05) is 0 Å². The Balaban J connectivity index is 1.01. The van der Waals surface area contributed by atoms with Crippen LogP contribution in [-0.2, 0) is 0 Å². The zero-order valence-electron chi connectivity index (χ0n) is 31.2. The lowest BCUT2D eigenvalue weighted by molar-refractivity contribution is 1.01. The standard InChI is InChI=1S/C55H36N2/c1-3-13-36(14-4-1)37-23-27-41(28-24-37)56-52-22-12-10-19-46(52)49-33-39(26-32-53(49)56)40-25-30-47-45-18-9-11-21-51(45)57(54(47)34-40)42-29-31-44-43-17-7-8-20-48(43)55(50(44)35-42)38-15-5-2-6-16-38/h1-35,55H. The van der Waals surface area contributed by atoms with Crippen LogP contribution in [0.1, 0.15) is 22.6 Å². The van der Waals surface area contributed by atoms with Gasteiger partial charge in [0.2, 0.25) is 0 Å². The van der Waals surface area contributed by atoms with E-state index in [0.717, 1.165) is 5.69 Å². The van der Waals surface area contributed by atoms with Crippen molar-refractivity contribution in [2.24, 2.45) is 0 Å². The van der Waals surface area contributed by atoms with Crippen molar-refractivity contribution in [3.8, 4) is 44.8 Å². The molecule has 0 aliphatic heterocycles. The first-order valence-electron chi connectivity index (χ1n) is 19.8. The minimum absolute atomic E-state index is 0.191. The van der Waals surface area contributed by atoms with Crippen LogP contribution in [0.3, 0.4) is 0 Å². The summed E-state index contributed by atoms with van der Waals surface area (Å²) in [7, 11) is 0. The number of hydrogen-bond acceptors (Lipinski definition) is 0. The molecule has 2 nitrogen and oxygen atoms in total. The van der Waals surface area contributed by atoms with Crippen LogP contribution in [0.25, 0.3) is 88.4 Å². The van der Waals surface area contributed by atoms with E-state index >= 15 is 0 Å². The highest BCUT2D eigenvalue weighted by Gasteiger charge is 2.30. The van der Waals surface area contributed by atoms with Gasteiger partial charge < -0.3 is 9.13 Å². The fourth-order valence-electron chi connectivity index (χ4n) is 9.63. The topological polar surface area (TPSA) is 9.86 Å². The summed E-state index contributed by atoms with van der Waals surface area (Å²) >= 11 is 0. The summed E-state index contributed by atoms with van der Waals surface area (Å²) in [6.07, 6.45) is 0. The molecule has 2 heterocycles. The van der Waals surface area contributed by atoms with Crippen molar-refractivity contribution in [1.29, 1.82) is 0 Å². The molecule has 1 atom stereocenters. The van der Waals surface area contributed by atoms with E-state index in [9.17, 15) is 0 Å². The maximum Gasteiger partial charge on any atom is 0.0547 e. The first-order chi connectivity index (χ1) is 28.3. The monoisotopic (exact) mass is 724 g/mol. The van der Waals surface area contributed by atoms with Gasteiger partial charge >= 0.3 is 0 Å². The van der Waals surface area contributed by atoms with Crippen molar-refractivity contribution in [3.05, 3.63) is 229 Å². The molecule has 9 aromatic carbocycles. The maximum absolute atomic E-state index is 2.48. The molecular weight excluding hydrogens is 689 g/mol. The second kappa shape index (κ2) is 12.6. The molecule has 12 rings (SSSR count). The number of fused-ring (bicyclic) bond motifs is 9. The molecule has 1 unspecified atom stereocenters. The Hall–Kier alpha value is -7.42. The first kappa shape index (κ1) is 31.9. The summed E-state index contributed by atoms with van der Waals surface area (Å²) in [6.45, 7) is 0. The molecule has 0 N–H and O–H groups in total. The lowest BCUT2D eigenvalue weighted by Crippen LogP contribution is -2.01. The van der Waals surface area contributed by atoms with E-state index in [-0.39, 0.29) is 5.92 Å². The summed E-state index contributed by atoms with van der Waals surface area (Å²) in [5.74, 6) is 0.191. The molecule has 0 fully saturated rings. The molecule has 1 aliphatic carbocycles. The smallest absolute Gasteiger partial charge is 0.0547 e. The Morgan fingerprint density at radius 1 is 0.281 bits per heavy atom. The second-order valence-electron chi connectivity index (χ2n) is 15.3. The van der Waals surface area contributed by atoms with Crippen molar-refractivity contribution < 1.29 is 0 Å². The number of aromatic nitrogens is 2. The van der Waals surface area contributed by atoms with Gasteiger partial charge in [0, 0.05) is 38.8 Å². The van der Waals surface area contributed by atoms with Crippen LogP contribution in [0.15, 0.2) is 212 Å². The van der Waals surface area contributed by atoms with Gasteiger partial charge in [0.05, 0.1) is 22.1 Å². The number of rotatable bonds is 5. The summed E-state index contributed by atoms with van der Waals surface area (Å²) < 4.78 is 4.88. The highest BCUT2D eigenvalue weighted by molar-refractivity contribution is 6.12. The normalized spacial score (nSPS) is 13.4. The van der Waals surface area contributed by atoms with Gasteiger partial charge in [-0.1, -0.05) is 158 Å². The van der Waals surface area contributed by atoms with E-state index in [1.165, 1.54) is 99.4 Å². The minimum Gasteiger partial charge on any atom is -0.309 e. The molecule has 57 heavy (non-hydrogen) atoms. The Morgan fingerprint density at radius 2 is 0.807 bits per heavy atom. The molecule has 0 saturated heterocycles. The molecule has 2 aromatic heterocycles. The molecular formula is C55H36N2. The molecule has 0 radical (unpaired) electrons. The quantitative estimate of drug-likeness (QED) is 0.167. The second-order valence-corrected chi connectivity index (χ2v) is 15.3. The highest BCUT2D eigenvalue weighted by atomic mass is 15.0. The van der Waals surface area contributed by atoms with Crippen LogP contribution in [-0.4, -0.2) is 9.13 Å². The van der Waals surface area contributed by atoms with Crippen LogP contribution in [0.5, 0.6) is 0 Å². The van der Waals surface area contributed by atoms with Gasteiger partial charge in [0.25, 0.3) is 0 Å². The van der Waals surface area contributed by atoms with Crippen LogP contribution >= 0.6 is 0 Å².